The first kappa shape index (κ1) is 15.3. The number of hydrogen-bond acceptors (Lipinski definition) is 3. The summed E-state index contributed by atoms with van der Waals surface area (Å²) in [5.41, 5.74) is 5.96. The van der Waals surface area contributed by atoms with Crippen LogP contribution in [-0.4, -0.2) is 40.0 Å². The molecule has 5 nitrogen and oxygen atoms in total. The fourth-order valence-corrected chi connectivity index (χ4v) is 3.82. The van der Waals surface area contributed by atoms with Crippen molar-refractivity contribution in [3.05, 3.63) is 0 Å². The van der Waals surface area contributed by atoms with Crippen molar-refractivity contribution in [1.82, 2.24) is 4.90 Å². The second-order valence-corrected chi connectivity index (χ2v) is 6.18. The number of carbonyl (C=O) groups is 2. The number of fused-ring (bicyclic) bond motifs is 1. The van der Waals surface area contributed by atoms with Crippen LogP contribution in [0.3, 0.4) is 0 Å². The number of amides is 1. The third-order valence-corrected chi connectivity index (χ3v) is 4.83. The van der Waals surface area contributed by atoms with Crippen LogP contribution in [0.1, 0.15) is 58.3 Å². The average Bonchev–Trinajstić information content (AvgIpc) is 2.45. The Morgan fingerprint density at radius 1 is 1.25 bits per heavy atom. The highest BCUT2D eigenvalue weighted by molar-refractivity contribution is 5.87. The van der Waals surface area contributed by atoms with Crippen molar-refractivity contribution < 1.29 is 14.7 Å². The molecule has 114 valence electrons. The van der Waals surface area contributed by atoms with Gasteiger partial charge >= 0.3 is 5.97 Å². The van der Waals surface area contributed by atoms with E-state index >= 15 is 0 Å². The van der Waals surface area contributed by atoms with Gasteiger partial charge in [0.15, 0.2) is 0 Å². The zero-order chi connectivity index (χ0) is 14.7. The summed E-state index contributed by atoms with van der Waals surface area (Å²) in [5.74, 6) is -0.570. The Labute approximate surface area is 120 Å². The molecule has 1 aliphatic carbocycles. The zero-order valence-electron chi connectivity index (χ0n) is 12.3. The number of carboxylic acids is 1. The summed E-state index contributed by atoms with van der Waals surface area (Å²) in [6, 6.07) is -1.14. The minimum atomic E-state index is -0.883. The van der Waals surface area contributed by atoms with E-state index in [1.165, 1.54) is 6.42 Å². The summed E-state index contributed by atoms with van der Waals surface area (Å²) >= 11 is 0. The predicted molar refractivity (Wildman–Crippen MR) is 76.1 cm³/mol. The van der Waals surface area contributed by atoms with Crippen molar-refractivity contribution in [1.29, 1.82) is 0 Å². The van der Waals surface area contributed by atoms with E-state index in [0.29, 0.717) is 18.8 Å². The Kier molecular flexibility index (Phi) is 5.02. The first-order valence-corrected chi connectivity index (χ1v) is 7.86. The fraction of sp³-hybridized carbons (Fsp3) is 0.867. The molecule has 3 N–H and O–H groups in total. The number of carboxylic acid groups (broad SMARTS) is 1. The summed E-state index contributed by atoms with van der Waals surface area (Å²) in [7, 11) is 0. The van der Waals surface area contributed by atoms with Gasteiger partial charge in [-0.25, -0.2) is 4.79 Å². The van der Waals surface area contributed by atoms with Crippen molar-refractivity contribution in [3.8, 4) is 0 Å². The van der Waals surface area contributed by atoms with Crippen LogP contribution in [0.2, 0.25) is 0 Å². The summed E-state index contributed by atoms with van der Waals surface area (Å²) < 4.78 is 0. The molecule has 1 amide bonds. The molecule has 0 bridgehead atoms. The highest BCUT2D eigenvalue weighted by atomic mass is 16.4. The number of likely N-dealkylation sites (tertiary alicyclic amines) is 1. The Morgan fingerprint density at radius 2 is 1.95 bits per heavy atom. The SMILES string of the molecule is CCC[C@H](N)C(=O)N1C(C(=O)O)CCC2CCCCC21. The van der Waals surface area contributed by atoms with Gasteiger partial charge in [-0.1, -0.05) is 26.2 Å². The Hall–Kier alpha value is -1.10. The van der Waals surface area contributed by atoms with E-state index in [1.54, 1.807) is 4.90 Å². The summed E-state index contributed by atoms with van der Waals surface area (Å²) in [4.78, 5) is 25.7. The molecule has 1 saturated heterocycles. The summed E-state index contributed by atoms with van der Waals surface area (Å²) in [6.07, 6.45) is 7.28. The van der Waals surface area contributed by atoms with Gasteiger partial charge in [0, 0.05) is 6.04 Å². The standard InChI is InChI=1S/C15H26N2O3/c1-2-5-11(16)14(18)17-12-7-4-3-6-10(12)8-9-13(17)15(19)20/h10-13H,2-9,16H2,1H3,(H,19,20)/t10?,11-,12?,13?/m0/s1. The molecule has 3 unspecified atom stereocenters. The van der Waals surface area contributed by atoms with Gasteiger partial charge in [-0.05, 0) is 38.0 Å². The van der Waals surface area contributed by atoms with E-state index in [0.717, 1.165) is 32.1 Å². The second kappa shape index (κ2) is 6.57. The molecule has 0 aromatic rings. The van der Waals surface area contributed by atoms with Gasteiger partial charge in [0.05, 0.1) is 6.04 Å². The number of nitrogens with zero attached hydrogens (tertiary/aromatic N) is 1. The summed E-state index contributed by atoms with van der Waals surface area (Å²) in [5, 5.41) is 9.42. The lowest BCUT2D eigenvalue weighted by Crippen LogP contribution is -2.60. The number of aliphatic carboxylic acids is 1. The number of rotatable bonds is 4. The second-order valence-electron chi connectivity index (χ2n) is 6.18. The maximum Gasteiger partial charge on any atom is 0.326 e. The molecule has 2 aliphatic rings. The number of piperidine rings is 1. The number of nitrogens with two attached hydrogens (primary N) is 1. The molecule has 0 radical (unpaired) electrons. The lowest BCUT2D eigenvalue weighted by Gasteiger charge is -2.47. The Balaban J connectivity index is 2.20. The van der Waals surface area contributed by atoms with Crippen LogP contribution in [0.4, 0.5) is 0 Å². The van der Waals surface area contributed by atoms with Crippen molar-refractivity contribution in [3.63, 3.8) is 0 Å². The molecule has 0 aromatic heterocycles. The van der Waals surface area contributed by atoms with E-state index in [4.69, 9.17) is 5.73 Å². The topological polar surface area (TPSA) is 83.6 Å². The number of carbonyl (C=O) groups excluding carboxylic acids is 1. The maximum atomic E-state index is 12.6. The third kappa shape index (κ3) is 2.97. The van der Waals surface area contributed by atoms with Gasteiger partial charge in [-0.15, -0.1) is 0 Å². The average molecular weight is 282 g/mol. The van der Waals surface area contributed by atoms with E-state index in [9.17, 15) is 14.7 Å². The van der Waals surface area contributed by atoms with Crippen LogP contribution >= 0.6 is 0 Å². The Bertz CT molecular complexity index is 372. The molecule has 1 aliphatic heterocycles. The van der Waals surface area contributed by atoms with Crippen LogP contribution in [0.5, 0.6) is 0 Å². The lowest BCUT2D eigenvalue weighted by molar-refractivity contribution is -0.159. The molecule has 0 spiro atoms. The normalized spacial score (nSPS) is 31.5. The lowest BCUT2D eigenvalue weighted by atomic mass is 9.76. The molecule has 1 heterocycles. The van der Waals surface area contributed by atoms with E-state index in [-0.39, 0.29) is 11.9 Å². The minimum Gasteiger partial charge on any atom is -0.480 e. The van der Waals surface area contributed by atoms with E-state index in [2.05, 4.69) is 0 Å². The van der Waals surface area contributed by atoms with Crippen molar-refractivity contribution in [2.75, 3.05) is 0 Å². The van der Waals surface area contributed by atoms with Gasteiger partial charge < -0.3 is 15.7 Å². The molecule has 2 fully saturated rings. The zero-order valence-corrected chi connectivity index (χ0v) is 12.3. The summed E-state index contributed by atoms with van der Waals surface area (Å²) in [6.45, 7) is 1.99. The van der Waals surface area contributed by atoms with Crippen molar-refractivity contribution in [2.24, 2.45) is 11.7 Å². The van der Waals surface area contributed by atoms with Gasteiger partial charge in [0.1, 0.15) is 6.04 Å². The minimum absolute atomic E-state index is 0.0917. The van der Waals surface area contributed by atoms with Crippen LogP contribution in [0.25, 0.3) is 0 Å². The molecule has 5 heteroatoms. The van der Waals surface area contributed by atoms with Crippen molar-refractivity contribution >= 4 is 11.9 Å². The highest BCUT2D eigenvalue weighted by Gasteiger charge is 2.44. The molecule has 1 saturated carbocycles. The smallest absolute Gasteiger partial charge is 0.326 e. The molecule has 4 atom stereocenters. The largest absolute Gasteiger partial charge is 0.480 e. The molecular formula is C15H26N2O3. The molecule has 0 aromatic carbocycles. The molecule has 2 rings (SSSR count). The van der Waals surface area contributed by atoms with Crippen LogP contribution in [0.15, 0.2) is 0 Å². The van der Waals surface area contributed by atoms with Gasteiger partial charge in [0.25, 0.3) is 0 Å². The first-order chi connectivity index (χ1) is 9.56. The van der Waals surface area contributed by atoms with Crippen LogP contribution in [0, 0.1) is 5.92 Å². The van der Waals surface area contributed by atoms with Gasteiger partial charge in [-0.3, -0.25) is 4.79 Å². The first-order valence-electron chi connectivity index (χ1n) is 7.86. The van der Waals surface area contributed by atoms with Gasteiger partial charge in [0.2, 0.25) is 5.91 Å². The quantitative estimate of drug-likeness (QED) is 0.822. The number of hydrogen-bond donors (Lipinski definition) is 2. The van der Waals surface area contributed by atoms with Crippen LogP contribution in [-0.2, 0) is 9.59 Å². The monoisotopic (exact) mass is 282 g/mol. The van der Waals surface area contributed by atoms with Crippen LogP contribution < -0.4 is 5.73 Å². The Morgan fingerprint density at radius 3 is 2.60 bits per heavy atom. The predicted octanol–water partition coefficient (Wildman–Crippen LogP) is 1.75. The van der Waals surface area contributed by atoms with Crippen molar-refractivity contribution in [2.45, 2.75) is 76.4 Å². The molecule has 20 heavy (non-hydrogen) atoms. The maximum absolute atomic E-state index is 12.6. The van der Waals surface area contributed by atoms with E-state index < -0.39 is 18.1 Å². The third-order valence-electron chi connectivity index (χ3n) is 4.83. The molecular weight excluding hydrogens is 256 g/mol. The van der Waals surface area contributed by atoms with E-state index in [1.807, 2.05) is 6.92 Å². The fourth-order valence-electron chi connectivity index (χ4n) is 3.82. The van der Waals surface area contributed by atoms with Gasteiger partial charge in [-0.2, -0.15) is 0 Å². The highest BCUT2D eigenvalue weighted by Crippen LogP contribution is 2.38.